The van der Waals surface area contributed by atoms with E-state index in [1.165, 1.54) is 12.1 Å². The largest absolute Gasteiger partial charge is 0.378 e. The molecule has 1 aliphatic rings. The van der Waals surface area contributed by atoms with Crippen molar-refractivity contribution in [3.63, 3.8) is 0 Å². The molecule has 0 spiro atoms. The molecule has 9 heteroatoms. The fraction of sp³-hybridized carbons (Fsp3) is 0.455. The van der Waals surface area contributed by atoms with Gasteiger partial charge in [0.1, 0.15) is 5.69 Å². The summed E-state index contributed by atoms with van der Waals surface area (Å²) in [7, 11) is -3.97. The lowest BCUT2D eigenvalue weighted by Crippen LogP contribution is -2.31. The van der Waals surface area contributed by atoms with Crippen LogP contribution in [0.4, 0.5) is 11.4 Å². The average molecular weight is 300 g/mol. The third-order valence-corrected chi connectivity index (χ3v) is 4.16. The summed E-state index contributed by atoms with van der Waals surface area (Å²) in [4.78, 5) is 10.0. The standard InChI is InChI=1S/C11H16N4O4S/c12-9(7-1-2-7)6-14-10-4-3-8(20(13,18)19)5-11(10)15(16)17/h3-5,7,9,14H,1-2,6,12H2,(H2,13,18,19). The first kappa shape index (κ1) is 14.7. The molecule has 1 saturated carbocycles. The van der Waals surface area contributed by atoms with Gasteiger partial charge in [-0.3, -0.25) is 10.1 Å². The highest BCUT2D eigenvalue weighted by Crippen LogP contribution is 2.32. The summed E-state index contributed by atoms with van der Waals surface area (Å²) in [5.41, 5.74) is 5.80. The molecule has 8 nitrogen and oxygen atoms in total. The van der Waals surface area contributed by atoms with Gasteiger partial charge in [0.15, 0.2) is 0 Å². The molecule has 20 heavy (non-hydrogen) atoms. The average Bonchev–Trinajstić information content (AvgIpc) is 3.18. The lowest BCUT2D eigenvalue weighted by atomic mass is 10.2. The number of nitrogens with one attached hydrogen (secondary N) is 1. The van der Waals surface area contributed by atoms with Gasteiger partial charge in [-0.05, 0) is 30.9 Å². The number of nitrogens with two attached hydrogens (primary N) is 2. The van der Waals surface area contributed by atoms with Crippen molar-refractivity contribution in [2.45, 2.75) is 23.8 Å². The first-order valence-electron chi connectivity index (χ1n) is 6.09. The molecule has 1 aliphatic carbocycles. The lowest BCUT2D eigenvalue weighted by Gasteiger charge is -2.13. The monoisotopic (exact) mass is 300 g/mol. The van der Waals surface area contributed by atoms with Crippen molar-refractivity contribution in [2.24, 2.45) is 16.8 Å². The maximum Gasteiger partial charge on any atom is 0.293 e. The van der Waals surface area contributed by atoms with Gasteiger partial charge in [-0.2, -0.15) is 0 Å². The van der Waals surface area contributed by atoms with E-state index in [2.05, 4.69) is 5.32 Å². The molecule has 0 saturated heterocycles. The molecule has 0 aromatic heterocycles. The van der Waals surface area contributed by atoms with E-state index in [1.54, 1.807) is 0 Å². The molecule has 1 aromatic rings. The van der Waals surface area contributed by atoms with Crippen molar-refractivity contribution in [2.75, 3.05) is 11.9 Å². The van der Waals surface area contributed by atoms with Crippen molar-refractivity contribution < 1.29 is 13.3 Å². The third kappa shape index (κ3) is 3.44. The Labute approximate surface area is 116 Å². The van der Waals surface area contributed by atoms with Crippen molar-refractivity contribution in [1.82, 2.24) is 0 Å². The summed E-state index contributed by atoms with van der Waals surface area (Å²) in [6.07, 6.45) is 2.16. The van der Waals surface area contributed by atoms with E-state index in [0.29, 0.717) is 12.5 Å². The van der Waals surface area contributed by atoms with Gasteiger partial charge >= 0.3 is 0 Å². The van der Waals surface area contributed by atoms with Crippen LogP contribution in [0.5, 0.6) is 0 Å². The second kappa shape index (κ2) is 5.35. The number of primary sulfonamides is 1. The summed E-state index contributed by atoms with van der Waals surface area (Å²) in [5, 5.41) is 18.8. The van der Waals surface area contributed by atoms with Gasteiger partial charge in [0.25, 0.3) is 5.69 Å². The quantitative estimate of drug-likeness (QED) is 0.512. The van der Waals surface area contributed by atoms with Crippen molar-refractivity contribution in [3.05, 3.63) is 28.3 Å². The minimum absolute atomic E-state index is 0.0625. The van der Waals surface area contributed by atoms with E-state index in [0.717, 1.165) is 18.9 Å². The number of hydrogen-bond acceptors (Lipinski definition) is 6. The second-order valence-corrected chi connectivity index (χ2v) is 6.42. The summed E-state index contributed by atoms with van der Waals surface area (Å²) in [6, 6.07) is 3.44. The van der Waals surface area contributed by atoms with Crippen molar-refractivity contribution in [3.8, 4) is 0 Å². The van der Waals surface area contributed by atoms with Crippen LogP contribution in [-0.2, 0) is 10.0 Å². The fourth-order valence-corrected chi connectivity index (χ4v) is 2.44. The topological polar surface area (TPSA) is 141 Å². The van der Waals surface area contributed by atoms with Gasteiger partial charge < -0.3 is 11.1 Å². The van der Waals surface area contributed by atoms with Crippen LogP contribution < -0.4 is 16.2 Å². The molecule has 1 aromatic carbocycles. The molecule has 0 heterocycles. The maximum absolute atomic E-state index is 11.2. The Morgan fingerprint density at radius 2 is 2.10 bits per heavy atom. The molecule has 0 bridgehead atoms. The van der Waals surface area contributed by atoms with Gasteiger partial charge in [0.05, 0.1) is 9.82 Å². The van der Waals surface area contributed by atoms with Crippen LogP contribution in [0.2, 0.25) is 0 Å². The highest BCUT2D eigenvalue weighted by atomic mass is 32.2. The van der Waals surface area contributed by atoms with Gasteiger partial charge in [-0.15, -0.1) is 0 Å². The normalized spacial score (nSPS) is 16.7. The molecule has 1 atom stereocenters. The van der Waals surface area contributed by atoms with Gasteiger partial charge in [-0.1, -0.05) is 0 Å². The predicted molar refractivity (Wildman–Crippen MR) is 73.7 cm³/mol. The van der Waals surface area contributed by atoms with Crippen LogP contribution in [-0.4, -0.2) is 25.9 Å². The number of nitrogens with zero attached hydrogens (tertiary/aromatic N) is 1. The predicted octanol–water partition coefficient (Wildman–Crippen LogP) is 0.391. The summed E-state index contributed by atoms with van der Waals surface area (Å²) < 4.78 is 22.4. The fourth-order valence-electron chi connectivity index (χ4n) is 1.91. The number of anilines is 1. The second-order valence-electron chi connectivity index (χ2n) is 4.86. The lowest BCUT2D eigenvalue weighted by molar-refractivity contribution is -0.384. The minimum atomic E-state index is -3.97. The van der Waals surface area contributed by atoms with Crippen LogP contribution in [0.15, 0.2) is 23.1 Å². The summed E-state index contributed by atoms with van der Waals surface area (Å²) in [6.45, 7) is 0.403. The van der Waals surface area contributed by atoms with Gasteiger partial charge in [0.2, 0.25) is 10.0 Å². The smallest absolute Gasteiger partial charge is 0.293 e. The molecule has 2 rings (SSSR count). The molecule has 110 valence electrons. The van der Waals surface area contributed by atoms with Crippen molar-refractivity contribution in [1.29, 1.82) is 0 Å². The Bertz CT molecular complexity index is 627. The van der Waals surface area contributed by atoms with E-state index in [4.69, 9.17) is 10.9 Å². The zero-order valence-electron chi connectivity index (χ0n) is 10.7. The molecule has 0 aliphatic heterocycles. The SMILES string of the molecule is NC(CNc1ccc(S(N)(=O)=O)cc1[N+](=O)[O-])C1CC1. The van der Waals surface area contributed by atoms with E-state index >= 15 is 0 Å². The van der Waals surface area contributed by atoms with Gasteiger partial charge in [-0.25, -0.2) is 13.6 Å². The minimum Gasteiger partial charge on any atom is -0.378 e. The zero-order valence-corrected chi connectivity index (χ0v) is 11.5. The first-order valence-corrected chi connectivity index (χ1v) is 7.64. The van der Waals surface area contributed by atoms with E-state index in [1.807, 2.05) is 0 Å². The Hall–Kier alpha value is -1.71. The Kier molecular flexibility index (Phi) is 3.93. The maximum atomic E-state index is 11.2. The Balaban J connectivity index is 2.21. The molecule has 5 N–H and O–H groups in total. The van der Waals surface area contributed by atoms with Crippen molar-refractivity contribution >= 4 is 21.4 Å². The Morgan fingerprint density at radius 3 is 2.60 bits per heavy atom. The summed E-state index contributed by atoms with van der Waals surface area (Å²) >= 11 is 0. The highest BCUT2D eigenvalue weighted by Gasteiger charge is 2.28. The number of sulfonamides is 1. The zero-order chi connectivity index (χ0) is 14.9. The summed E-state index contributed by atoms with van der Waals surface area (Å²) in [5.74, 6) is 0.463. The van der Waals surface area contributed by atoms with Crippen LogP contribution in [0, 0.1) is 16.0 Å². The molecular weight excluding hydrogens is 284 g/mol. The van der Waals surface area contributed by atoms with E-state index < -0.39 is 14.9 Å². The van der Waals surface area contributed by atoms with Crippen LogP contribution in [0.3, 0.4) is 0 Å². The number of nitro groups is 1. The first-order chi connectivity index (χ1) is 9.29. The third-order valence-electron chi connectivity index (χ3n) is 3.25. The Morgan fingerprint density at radius 1 is 1.45 bits per heavy atom. The van der Waals surface area contributed by atoms with Crippen LogP contribution in [0.25, 0.3) is 0 Å². The highest BCUT2D eigenvalue weighted by molar-refractivity contribution is 7.89. The molecule has 1 unspecified atom stereocenters. The molecule has 0 radical (unpaired) electrons. The molecular formula is C11H16N4O4S. The number of nitro benzene ring substituents is 1. The van der Waals surface area contributed by atoms with E-state index in [9.17, 15) is 18.5 Å². The number of hydrogen-bond donors (Lipinski definition) is 3. The molecule has 1 fully saturated rings. The van der Waals surface area contributed by atoms with Gasteiger partial charge in [0, 0.05) is 18.7 Å². The molecule has 0 amide bonds. The van der Waals surface area contributed by atoms with E-state index in [-0.39, 0.29) is 22.3 Å². The number of benzene rings is 1. The van der Waals surface area contributed by atoms with Crippen LogP contribution in [0.1, 0.15) is 12.8 Å². The van der Waals surface area contributed by atoms with Crippen LogP contribution >= 0.6 is 0 Å². The number of rotatable bonds is 6.